The number of nitrogens with zero attached hydrogens (tertiary/aromatic N) is 1. The molecule has 18 heavy (non-hydrogen) atoms. The predicted molar refractivity (Wildman–Crippen MR) is 81.1 cm³/mol. The maximum Gasteiger partial charge on any atom is 0.257 e. The van der Waals surface area contributed by atoms with E-state index >= 15 is 0 Å². The van der Waals surface area contributed by atoms with Crippen LogP contribution in [0.15, 0.2) is 36.5 Å². The summed E-state index contributed by atoms with van der Waals surface area (Å²) in [5.74, 6) is -0.178. The second-order valence-electron chi connectivity index (χ2n) is 3.77. The second-order valence-corrected chi connectivity index (χ2v) is 5.37. The molecule has 0 radical (unpaired) electrons. The van der Waals surface area contributed by atoms with E-state index in [1.54, 1.807) is 30.5 Å². The first kappa shape index (κ1) is 13.3. The van der Waals surface area contributed by atoms with Gasteiger partial charge in [-0.25, -0.2) is 0 Å². The molecule has 1 amide bonds. The highest BCUT2D eigenvalue weighted by Crippen LogP contribution is 2.22. The summed E-state index contributed by atoms with van der Waals surface area (Å²) in [7, 11) is 0. The van der Waals surface area contributed by atoms with Crippen molar-refractivity contribution < 1.29 is 4.79 Å². The van der Waals surface area contributed by atoms with Crippen LogP contribution in [-0.2, 0) is 0 Å². The van der Waals surface area contributed by atoms with Gasteiger partial charge in [0.1, 0.15) is 0 Å². The molecule has 0 aliphatic carbocycles. The van der Waals surface area contributed by atoms with Crippen LogP contribution in [-0.4, -0.2) is 10.9 Å². The van der Waals surface area contributed by atoms with Gasteiger partial charge in [0.05, 0.1) is 11.3 Å². The summed E-state index contributed by atoms with van der Waals surface area (Å²) in [5.41, 5.74) is 2.16. The summed E-state index contributed by atoms with van der Waals surface area (Å²) < 4.78 is 0.897. The van der Waals surface area contributed by atoms with Gasteiger partial charge >= 0.3 is 0 Å². The number of rotatable bonds is 2. The molecule has 0 aliphatic rings. The average Bonchev–Trinajstić information content (AvgIpc) is 2.33. The van der Waals surface area contributed by atoms with E-state index in [0.29, 0.717) is 10.6 Å². The van der Waals surface area contributed by atoms with E-state index in [1.807, 2.05) is 13.0 Å². The minimum atomic E-state index is -0.178. The second kappa shape index (κ2) is 5.67. The van der Waals surface area contributed by atoms with Crippen molar-refractivity contribution in [2.24, 2.45) is 0 Å². The Balaban J connectivity index is 2.18. The Bertz CT molecular complexity index is 584. The lowest BCUT2D eigenvalue weighted by Crippen LogP contribution is -2.13. The summed E-state index contributed by atoms with van der Waals surface area (Å²) in [6.07, 6.45) is 1.56. The Morgan fingerprint density at radius 2 is 2.11 bits per heavy atom. The van der Waals surface area contributed by atoms with E-state index in [-0.39, 0.29) is 5.91 Å². The quantitative estimate of drug-likeness (QED) is 0.813. The summed E-state index contributed by atoms with van der Waals surface area (Å²) in [6.45, 7) is 1.88. The number of hydrogen-bond acceptors (Lipinski definition) is 2. The van der Waals surface area contributed by atoms with E-state index in [1.165, 1.54) is 0 Å². The van der Waals surface area contributed by atoms with Crippen molar-refractivity contribution in [2.45, 2.75) is 6.92 Å². The Morgan fingerprint density at radius 3 is 2.72 bits per heavy atom. The molecule has 1 heterocycles. The number of carbonyl (C=O) groups is 1. The molecule has 1 aromatic heterocycles. The van der Waals surface area contributed by atoms with Gasteiger partial charge < -0.3 is 5.32 Å². The number of nitrogens with one attached hydrogen (secondary N) is 1. The normalized spacial score (nSPS) is 10.2. The molecule has 0 unspecified atom stereocenters. The zero-order chi connectivity index (χ0) is 13.1. The number of amides is 1. The molecule has 0 aliphatic heterocycles. The maximum absolute atomic E-state index is 12.0. The molecule has 0 atom stereocenters. The van der Waals surface area contributed by atoms with Crippen LogP contribution >= 0.6 is 34.2 Å². The lowest BCUT2D eigenvalue weighted by Gasteiger charge is -2.07. The van der Waals surface area contributed by atoms with Crippen molar-refractivity contribution in [3.05, 3.63) is 56.4 Å². The summed E-state index contributed by atoms with van der Waals surface area (Å²) in [4.78, 5) is 16.1. The highest BCUT2D eigenvalue weighted by atomic mass is 127. The number of aromatic nitrogens is 1. The SMILES string of the molecule is Cc1ccc(C(=O)Nc2ccc(Cl)cc2I)cn1. The molecule has 3 nitrogen and oxygen atoms in total. The fourth-order valence-electron chi connectivity index (χ4n) is 1.39. The van der Waals surface area contributed by atoms with Crippen LogP contribution in [0.3, 0.4) is 0 Å². The molecule has 0 bridgehead atoms. The van der Waals surface area contributed by atoms with Crippen molar-refractivity contribution in [1.82, 2.24) is 4.98 Å². The Kier molecular flexibility index (Phi) is 4.19. The van der Waals surface area contributed by atoms with Crippen molar-refractivity contribution in [1.29, 1.82) is 0 Å². The molecular formula is C13H10ClIN2O. The van der Waals surface area contributed by atoms with Crippen molar-refractivity contribution in [3.63, 3.8) is 0 Å². The Morgan fingerprint density at radius 1 is 1.33 bits per heavy atom. The van der Waals surface area contributed by atoms with Gasteiger partial charge in [-0.1, -0.05) is 11.6 Å². The number of halogens is 2. The lowest BCUT2D eigenvalue weighted by atomic mass is 10.2. The number of benzene rings is 1. The van der Waals surface area contributed by atoms with Crippen LogP contribution < -0.4 is 5.32 Å². The molecule has 1 N–H and O–H groups in total. The molecule has 2 rings (SSSR count). The average molecular weight is 373 g/mol. The van der Waals surface area contributed by atoms with E-state index < -0.39 is 0 Å². The zero-order valence-electron chi connectivity index (χ0n) is 9.58. The van der Waals surface area contributed by atoms with E-state index in [9.17, 15) is 4.79 Å². The minimum Gasteiger partial charge on any atom is -0.321 e. The van der Waals surface area contributed by atoms with Gasteiger partial charge in [0.25, 0.3) is 5.91 Å². The largest absolute Gasteiger partial charge is 0.321 e. The first-order chi connectivity index (χ1) is 8.56. The van der Waals surface area contributed by atoms with Gasteiger partial charge in [-0.05, 0) is 59.8 Å². The number of pyridine rings is 1. The number of hydrogen-bond donors (Lipinski definition) is 1. The fourth-order valence-corrected chi connectivity index (χ4v) is 2.39. The van der Waals surface area contributed by atoms with Crippen LogP contribution in [0.4, 0.5) is 5.69 Å². The first-order valence-electron chi connectivity index (χ1n) is 5.25. The summed E-state index contributed by atoms with van der Waals surface area (Å²) in [6, 6.07) is 8.88. The van der Waals surface area contributed by atoms with Crippen LogP contribution in [0.2, 0.25) is 5.02 Å². The van der Waals surface area contributed by atoms with Crippen molar-refractivity contribution >= 4 is 45.8 Å². The third kappa shape index (κ3) is 3.20. The van der Waals surface area contributed by atoms with Crippen LogP contribution in [0.5, 0.6) is 0 Å². The Hall–Kier alpha value is -1.14. The molecule has 1 aromatic carbocycles. The van der Waals surface area contributed by atoms with Gasteiger partial charge in [0.2, 0.25) is 0 Å². The Labute approximate surface area is 124 Å². The van der Waals surface area contributed by atoms with Crippen LogP contribution in [0.25, 0.3) is 0 Å². The molecule has 0 spiro atoms. The summed E-state index contributed by atoms with van der Waals surface area (Å²) in [5, 5.41) is 3.48. The zero-order valence-corrected chi connectivity index (χ0v) is 12.5. The van der Waals surface area contributed by atoms with Gasteiger partial charge in [-0.2, -0.15) is 0 Å². The van der Waals surface area contributed by atoms with E-state index in [0.717, 1.165) is 15.0 Å². The topological polar surface area (TPSA) is 42.0 Å². The highest BCUT2D eigenvalue weighted by Gasteiger charge is 2.08. The van der Waals surface area contributed by atoms with E-state index in [4.69, 9.17) is 11.6 Å². The summed E-state index contributed by atoms with van der Waals surface area (Å²) >= 11 is 7.99. The fraction of sp³-hybridized carbons (Fsp3) is 0.0769. The van der Waals surface area contributed by atoms with Gasteiger partial charge in [0, 0.05) is 20.5 Å². The van der Waals surface area contributed by atoms with Crippen molar-refractivity contribution in [3.8, 4) is 0 Å². The number of carbonyl (C=O) groups excluding carboxylic acids is 1. The van der Waals surface area contributed by atoms with Crippen molar-refractivity contribution in [2.75, 3.05) is 5.32 Å². The van der Waals surface area contributed by atoms with Crippen LogP contribution in [0.1, 0.15) is 16.1 Å². The smallest absolute Gasteiger partial charge is 0.257 e. The van der Waals surface area contributed by atoms with Crippen LogP contribution in [0, 0.1) is 10.5 Å². The molecule has 5 heteroatoms. The predicted octanol–water partition coefficient (Wildman–Crippen LogP) is 3.90. The molecule has 2 aromatic rings. The third-order valence-electron chi connectivity index (χ3n) is 2.35. The number of anilines is 1. The molecular weight excluding hydrogens is 363 g/mol. The van der Waals surface area contributed by atoms with Gasteiger partial charge in [0.15, 0.2) is 0 Å². The highest BCUT2D eigenvalue weighted by molar-refractivity contribution is 14.1. The van der Waals surface area contributed by atoms with Gasteiger partial charge in [-0.3, -0.25) is 9.78 Å². The standard InChI is InChI=1S/C13H10ClIN2O/c1-8-2-3-9(7-16-8)13(18)17-12-5-4-10(14)6-11(12)15/h2-7H,1H3,(H,17,18). The molecule has 0 saturated heterocycles. The molecule has 0 fully saturated rings. The minimum absolute atomic E-state index is 0.178. The third-order valence-corrected chi connectivity index (χ3v) is 3.48. The maximum atomic E-state index is 12.0. The monoisotopic (exact) mass is 372 g/mol. The molecule has 0 saturated carbocycles. The molecule has 92 valence electrons. The first-order valence-corrected chi connectivity index (χ1v) is 6.71. The van der Waals surface area contributed by atoms with Gasteiger partial charge in [-0.15, -0.1) is 0 Å². The van der Waals surface area contributed by atoms with E-state index in [2.05, 4.69) is 32.9 Å². The number of aryl methyl sites for hydroxylation is 1. The lowest BCUT2D eigenvalue weighted by molar-refractivity contribution is 0.102.